The van der Waals surface area contributed by atoms with Crippen molar-refractivity contribution >= 4 is 5.65 Å². The standard InChI is InChI=1S/C11H15N3O/c1-11(2,3)10-13-12-9-7-8(15-4)5-6-14(9)10/h5-7H,1-4H3. The van der Waals surface area contributed by atoms with E-state index in [1.54, 1.807) is 7.11 Å². The highest BCUT2D eigenvalue weighted by molar-refractivity contribution is 5.44. The topological polar surface area (TPSA) is 39.4 Å². The van der Waals surface area contributed by atoms with Crippen LogP contribution in [-0.2, 0) is 5.41 Å². The summed E-state index contributed by atoms with van der Waals surface area (Å²) in [6, 6.07) is 3.79. The van der Waals surface area contributed by atoms with Gasteiger partial charge in [-0.2, -0.15) is 0 Å². The minimum atomic E-state index is -0.00595. The molecule has 4 nitrogen and oxygen atoms in total. The third-order valence-corrected chi connectivity index (χ3v) is 2.29. The van der Waals surface area contributed by atoms with Crippen LogP contribution in [0.4, 0.5) is 0 Å². The van der Waals surface area contributed by atoms with Crippen LogP contribution in [0.3, 0.4) is 0 Å². The molecule has 0 saturated heterocycles. The lowest BCUT2D eigenvalue weighted by atomic mass is 9.96. The van der Waals surface area contributed by atoms with Gasteiger partial charge in [0, 0.05) is 17.7 Å². The summed E-state index contributed by atoms with van der Waals surface area (Å²) >= 11 is 0. The lowest BCUT2D eigenvalue weighted by Crippen LogP contribution is -2.15. The van der Waals surface area contributed by atoms with E-state index in [9.17, 15) is 0 Å². The summed E-state index contributed by atoms with van der Waals surface area (Å²) in [7, 11) is 1.65. The number of methoxy groups -OCH3 is 1. The predicted octanol–water partition coefficient (Wildman–Crippen LogP) is 2.04. The van der Waals surface area contributed by atoms with Crippen LogP contribution in [0.15, 0.2) is 18.3 Å². The highest BCUT2D eigenvalue weighted by Crippen LogP contribution is 2.22. The van der Waals surface area contributed by atoms with E-state index in [0.717, 1.165) is 17.2 Å². The van der Waals surface area contributed by atoms with Gasteiger partial charge in [0.15, 0.2) is 5.65 Å². The van der Waals surface area contributed by atoms with Crippen LogP contribution in [0.25, 0.3) is 5.65 Å². The van der Waals surface area contributed by atoms with E-state index in [-0.39, 0.29) is 5.41 Å². The van der Waals surface area contributed by atoms with Crippen molar-refractivity contribution in [3.8, 4) is 5.75 Å². The molecule has 4 heteroatoms. The Morgan fingerprint density at radius 3 is 2.60 bits per heavy atom. The van der Waals surface area contributed by atoms with E-state index < -0.39 is 0 Å². The summed E-state index contributed by atoms with van der Waals surface area (Å²) in [6.45, 7) is 6.36. The summed E-state index contributed by atoms with van der Waals surface area (Å²) in [5.74, 6) is 1.76. The van der Waals surface area contributed by atoms with Gasteiger partial charge in [-0.1, -0.05) is 20.8 Å². The lowest BCUT2D eigenvalue weighted by molar-refractivity contribution is 0.414. The van der Waals surface area contributed by atoms with E-state index in [2.05, 4.69) is 31.0 Å². The normalized spacial score (nSPS) is 12.0. The fraction of sp³-hybridized carbons (Fsp3) is 0.455. The van der Waals surface area contributed by atoms with Gasteiger partial charge < -0.3 is 4.74 Å². The molecule has 2 aromatic rings. The van der Waals surface area contributed by atoms with Crippen molar-refractivity contribution in [2.75, 3.05) is 7.11 Å². The third kappa shape index (κ3) is 1.67. The van der Waals surface area contributed by atoms with Crippen molar-refractivity contribution in [3.05, 3.63) is 24.2 Å². The van der Waals surface area contributed by atoms with Gasteiger partial charge in [0.25, 0.3) is 0 Å². The first-order valence-corrected chi connectivity index (χ1v) is 4.91. The average molecular weight is 205 g/mol. The zero-order chi connectivity index (χ0) is 11.1. The van der Waals surface area contributed by atoms with Crippen molar-refractivity contribution in [2.45, 2.75) is 26.2 Å². The van der Waals surface area contributed by atoms with Gasteiger partial charge in [-0.25, -0.2) is 0 Å². The minimum absolute atomic E-state index is 0.00595. The van der Waals surface area contributed by atoms with Gasteiger partial charge in [-0.3, -0.25) is 4.40 Å². The number of nitrogens with zero attached hydrogens (tertiary/aromatic N) is 3. The van der Waals surface area contributed by atoms with Crippen LogP contribution >= 0.6 is 0 Å². The Balaban J connectivity index is 2.62. The number of ether oxygens (including phenoxy) is 1. The molecule has 0 unspecified atom stereocenters. The molecule has 2 aromatic heterocycles. The molecule has 0 aromatic carbocycles. The Bertz CT molecular complexity index is 482. The van der Waals surface area contributed by atoms with Crippen molar-refractivity contribution in [1.29, 1.82) is 0 Å². The number of pyridine rings is 1. The van der Waals surface area contributed by atoms with E-state index >= 15 is 0 Å². The van der Waals surface area contributed by atoms with E-state index in [4.69, 9.17) is 4.74 Å². The van der Waals surface area contributed by atoms with E-state index in [1.807, 2.05) is 22.7 Å². The highest BCUT2D eigenvalue weighted by Gasteiger charge is 2.20. The summed E-state index contributed by atoms with van der Waals surface area (Å²) in [4.78, 5) is 0. The monoisotopic (exact) mass is 205 g/mol. The fourth-order valence-corrected chi connectivity index (χ4v) is 1.51. The van der Waals surface area contributed by atoms with E-state index in [0.29, 0.717) is 0 Å². The van der Waals surface area contributed by atoms with Crippen LogP contribution in [0.1, 0.15) is 26.6 Å². The Labute approximate surface area is 88.9 Å². The van der Waals surface area contributed by atoms with Gasteiger partial charge in [-0.15, -0.1) is 10.2 Å². The zero-order valence-corrected chi connectivity index (χ0v) is 9.48. The molecule has 0 bridgehead atoms. The minimum Gasteiger partial charge on any atom is -0.497 e. The summed E-state index contributed by atoms with van der Waals surface area (Å²) in [5, 5.41) is 8.33. The first kappa shape index (κ1) is 9.96. The predicted molar refractivity (Wildman–Crippen MR) is 58.2 cm³/mol. The number of aromatic nitrogens is 3. The quantitative estimate of drug-likeness (QED) is 0.715. The van der Waals surface area contributed by atoms with Crippen molar-refractivity contribution in [1.82, 2.24) is 14.6 Å². The molecular formula is C11H15N3O. The molecule has 0 radical (unpaired) electrons. The van der Waals surface area contributed by atoms with Gasteiger partial charge in [0.05, 0.1) is 7.11 Å². The fourth-order valence-electron chi connectivity index (χ4n) is 1.51. The first-order valence-electron chi connectivity index (χ1n) is 4.91. The molecule has 0 atom stereocenters. The molecule has 15 heavy (non-hydrogen) atoms. The van der Waals surface area contributed by atoms with Gasteiger partial charge in [0.2, 0.25) is 0 Å². The van der Waals surface area contributed by atoms with Gasteiger partial charge in [0.1, 0.15) is 11.6 Å². The molecule has 0 fully saturated rings. The molecule has 0 aliphatic rings. The number of rotatable bonds is 1. The van der Waals surface area contributed by atoms with Crippen molar-refractivity contribution in [2.24, 2.45) is 0 Å². The first-order chi connectivity index (χ1) is 7.02. The summed E-state index contributed by atoms with van der Waals surface area (Å²) in [5.41, 5.74) is 0.813. The second-order valence-electron chi connectivity index (χ2n) is 4.57. The number of hydrogen-bond donors (Lipinski definition) is 0. The second kappa shape index (κ2) is 3.22. The summed E-state index contributed by atoms with van der Waals surface area (Å²) in [6.07, 6.45) is 1.94. The summed E-state index contributed by atoms with van der Waals surface area (Å²) < 4.78 is 7.12. The zero-order valence-electron chi connectivity index (χ0n) is 9.48. The van der Waals surface area contributed by atoms with Crippen molar-refractivity contribution in [3.63, 3.8) is 0 Å². The Kier molecular flexibility index (Phi) is 2.14. The van der Waals surface area contributed by atoms with E-state index in [1.165, 1.54) is 0 Å². The Hall–Kier alpha value is -1.58. The molecule has 0 N–H and O–H groups in total. The molecule has 0 spiro atoms. The Morgan fingerprint density at radius 2 is 2.00 bits per heavy atom. The molecule has 2 rings (SSSR count). The maximum Gasteiger partial charge on any atom is 0.164 e. The van der Waals surface area contributed by atoms with Gasteiger partial charge >= 0.3 is 0 Å². The molecular weight excluding hydrogens is 190 g/mol. The molecule has 0 amide bonds. The molecule has 0 saturated carbocycles. The lowest BCUT2D eigenvalue weighted by Gasteiger charge is -2.15. The maximum atomic E-state index is 5.14. The highest BCUT2D eigenvalue weighted by atomic mass is 16.5. The number of hydrogen-bond acceptors (Lipinski definition) is 3. The van der Waals surface area contributed by atoms with Crippen LogP contribution in [0.5, 0.6) is 5.75 Å². The maximum absolute atomic E-state index is 5.14. The average Bonchev–Trinajstić information content (AvgIpc) is 2.59. The smallest absolute Gasteiger partial charge is 0.164 e. The molecule has 2 heterocycles. The molecule has 0 aliphatic carbocycles. The van der Waals surface area contributed by atoms with Crippen LogP contribution in [-0.4, -0.2) is 21.7 Å². The van der Waals surface area contributed by atoms with Crippen LogP contribution in [0, 0.1) is 0 Å². The van der Waals surface area contributed by atoms with Crippen LogP contribution in [0.2, 0.25) is 0 Å². The third-order valence-electron chi connectivity index (χ3n) is 2.29. The van der Waals surface area contributed by atoms with Gasteiger partial charge in [-0.05, 0) is 6.07 Å². The molecule has 80 valence electrons. The second-order valence-corrected chi connectivity index (χ2v) is 4.57. The molecule has 0 aliphatic heterocycles. The largest absolute Gasteiger partial charge is 0.497 e. The SMILES string of the molecule is COc1ccn2c(C(C)(C)C)nnc2c1. The number of fused-ring (bicyclic) bond motifs is 1. The van der Waals surface area contributed by atoms with Crippen LogP contribution < -0.4 is 4.74 Å². The van der Waals surface area contributed by atoms with Crippen molar-refractivity contribution < 1.29 is 4.74 Å². The Morgan fingerprint density at radius 1 is 1.27 bits per heavy atom.